The van der Waals surface area contributed by atoms with Gasteiger partial charge in [0.1, 0.15) is 17.9 Å². The minimum absolute atomic E-state index is 0.0172. The van der Waals surface area contributed by atoms with E-state index in [-0.39, 0.29) is 23.8 Å². The van der Waals surface area contributed by atoms with Gasteiger partial charge in [0.15, 0.2) is 0 Å². The van der Waals surface area contributed by atoms with E-state index in [1.54, 1.807) is 54.7 Å². The number of anilines is 2. The van der Waals surface area contributed by atoms with Crippen LogP contribution in [0.2, 0.25) is 0 Å². The van der Waals surface area contributed by atoms with Crippen LogP contribution in [0, 0.1) is 0 Å². The van der Waals surface area contributed by atoms with Gasteiger partial charge in [0.25, 0.3) is 0 Å². The number of pyridine rings is 1. The summed E-state index contributed by atoms with van der Waals surface area (Å²) in [5.41, 5.74) is 1.15. The predicted molar refractivity (Wildman–Crippen MR) is 158 cm³/mol. The Morgan fingerprint density at radius 3 is 2.45 bits per heavy atom. The Morgan fingerprint density at radius 2 is 1.76 bits per heavy atom. The molecule has 3 aromatic rings. The molecule has 0 spiro atoms. The number of rotatable bonds is 13. The van der Waals surface area contributed by atoms with Crippen molar-refractivity contribution in [3.8, 4) is 0 Å². The Labute approximate surface area is 244 Å². The first-order chi connectivity index (χ1) is 20.2. The number of amides is 2. The van der Waals surface area contributed by atoms with Crippen LogP contribution in [0.25, 0.3) is 0 Å². The molecular weight excluding hydrogens is 558 g/mol. The molecule has 0 radical (unpaired) electrons. The average Bonchev–Trinajstić information content (AvgIpc) is 3.50. The number of carbonyl (C=O) groups is 3. The van der Waals surface area contributed by atoms with Crippen molar-refractivity contribution in [2.75, 3.05) is 23.7 Å². The molecular formula is C30H33N5O6S. The molecule has 2 amide bonds. The molecule has 0 bridgehead atoms. The van der Waals surface area contributed by atoms with Gasteiger partial charge in [0.05, 0.1) is 4.90 Å². The average molecular weight is 592 g/mol. The molecule has 0 unspecified atom stereocenters. The smallest absolute Gasteiger partial charge is 0.326 e. The fraction of sp³-hybridized carbons (Fsp3) is 0.267. The maximum absolute atomic E-state index is 13.1. The summed E-state index contributed by atoms with van der Waals surface area (Å²) in [7, 11) is -3.90. The lowest BCUT2D eigenvalue weighted by molar-refractivity contribution is -0.142. The second kappa shape index (κ2) is 14.4. The van der Waals surface area contributed by atoms with Crippen molar-refractivity contribution in [1.82, 2.24) is 14.6 Å². The maximum atomic E-state index is 13.1. The fourth-order valence-corrected chi connectivity index (χ4v) is 6.25. The molecule has 42 heavy (non-hydrogen) atoms. The Bertz CT molecular complexity index is 1500. The quantitative estimate of drug-likeness (QED) is 0.174. The van der Waals surface area contributed by atoms with E-state index in [1.165, 1.54) is 18.2 Å². The van der Waals surface area contributed by atoms with E-state index >= 15 is 0 Å². The van der Waals surface area contributed by atoms with Gasteiger partial charge >= 0.3 is 5.97 Å². The zero-order chi connectivity index (χ0) is 30.0. The van der Waals surface area contributed by atoms with E-state index in [4.69, 9.17) is 0 Å². The SMILES string of the molecule is O=C(/C=C/CCNc1ccccn1)Nc1ccc(C[C@H](NC(=O)[C@@H]2CCCN2S(=O)(=O)c2ccccc2)C(=O)O)cc1. The van der Waals surface area contributed by atoms with E-state index in [9.17, 15) is 27.9 Å². The molecule has 220 valence electrons. The summed E-state index contributed by atoms with van der Waals surface area (Å²) in [5, 5.41) is 18.2. The van der Waals surface area contributed by atoms with Crippen LogP contribution in [-0.2, 0) is 30.8 Å². The number of nitrogens with zero attached hydrogens (tertiary/aromatic N) is 2. The van der Waals surface area contributed by atoms with E-state index in [0.717, 1.165) is 10.1 Å². The third-order valence-corrected chi connectivity index (χ3v) is 8.61. The molecule has 4 rings (SSSR count). The second-order valence-corrected chi connectivity index (χ2v) is 11.6. The standard InChI is InChI=1S/C30H33N5O6S/c36-28(13-5-7-19-32-27-12-4-6-18-31-27)33-23-16-14-22(15-17-23)21-25(30(38)39)34-29(37)26-11-8-20-35(26)42(40,41)24-9-2-1-3-10-24/h1-6,9-10,12-18,25-26H,7-8,11,19-21H2,(H,31,32)(H,33,36)(H,34,37)(H,38,39)/b13-5+/t25-,26-/m0/s1. The Kier molecular flexibility index (Phi) is 10.4. The van der Waals surface area contributed by atoms with Gasteiger partial charge in [0.2, 0.25) is 21.8 Å². The van der Waals surface area contributed by atoms with Crippen molar-refractivity contribution >= 4 is 39.3 Å². The molecule has 4 N–H and O–H groups in total. The molecule has 1 fully saturated rings. The highest BCUT2D eigenvalue weighted by molar-refractivity contribution is 7.89. The zero-order valence-electron chi connectivity index (χ0n) is 22.8. The summed E-state index contributed by atoms with van der Waals surface area (Å²) in [5.74, 6) is -1.43. The molecule has 2 atom stereocenters. The number of benzene rings is 2. The largest absolute Gasteiger partial charge is 0.480 e. The third-order valence-electron chi connectivity index (χ3n) is 6.68. The number of sulfonamides is 1. The summed E-state index contributed by atoms with van der Waals surface area (Å²) in [6.45, 7) is 0.801. The monoisotopic (exact) mass is 591 g/mol. The highest BCUT2D eigenvalue weighted by Gasteiger charge is 2.40. The topological polar surface area (TPSA) is 158 Å². The molecule has 11 nitrogen and oxygen atoms in total. The van der Waals surface area contributed by atoms with Crippen molar-refractivity contribution in [3.63, 3.8) is 0 Å². The van der Waals surface area contributed by atoms with Gasteiger partial charge in [-0.15, -0.1) is 0 Å². The molecule has 1 aromatic heterocycles. The molecule has 1 aliphatic rings. The number of carbonyl (C=O) groups excluding carboxylic acids is 2. The van der Waals surface area contributed by atoms with E-state index in [0.29, 0.717) is 37.1 Å². The third kappa shape index (κ3) is 8.24. The van der Waals surface area contributed by atoms with Crippen molar-refractivity contribution in [3.05, 3.63) is 96.7 Å². The lowest BCUT2D eigenvalue weighted by Crippen LogP contribution is -2.51. The summed E-state index contributed by atoms with van der Waals surface area (Å²) in [4.78, 5) is 41.5. The van der Waals surface area contributed by atoms with E-state index < -0.39 is 34.0 Å². The van der Waals surface area contributed by atoms with Crippen molar-refractivity contribution in [1.29, 1.82) is 0 Å². The second-order valence-electron chi connectivity index (χ2n) is 9.71. The minimum atomic E-state index is -3.90. The van der Waals surface area contributed by atoms with Crippen LogP contribution in [0.1, 0.15) is 24.8 Å². The molecule has 12 heteroatoms. The Hall–Kier alpha value is -4.55. The van der Waals surface area contributed by atoms with Crippen LogP contribution in [0.5, 0.6) is 0 Å². The van der Waals surface area contributed by atoms with Crippen molar-refractivity contribution < 1.29 is 27.9 Å². The van der Waals surface area contributed by atoms with Crippen molar-refractivity contribution in [2.45, 2.75) is 42.7 Å². The Morgan fingerprint density at radius 1 is 1.02 bits per heavy atom. The summed E-state index contributed by atoms with van der Waals surface area (Å²) in [6, 6.07) is 17.8. The molecule has 1 aliphatic heterocycles. The number of aliphatic carboxylic acids is 1. The van der Waals surface area contributed by atoms with Crippen LogP contribution in [-0.4, -0.2) is 65.8 Å². The first kappa shape index (κ1) is 30.4. The van der Waals surface area contributed by atoms with Crippen molar-refractivity contribution in [2.24, 2.45) is 0 Å². The van der Waals surface area contributed by atoms with Crippen LogP contribution >= 0.6 is 0 Å². The van der Waals surface area contributed by atoms with Gasteiger partial charge in [-0.3, -0.25) is 9.59 Å². The van der Waals surface area contributed by atoms with E-state index in [1.807, 2.05) is 18.2 Å². The first-order valence-electron chi connectivity index (χ1n) is 13.6. The van der Waals surface area contributed by atoms with E-state index in [2.05, 4.69) is 20.9 Å². The normalized spacial score (nSPS) is 16.1. The lowest BCUT2D eigenvalue weighted by Gasteiger charge is -2.25. The lowest BCUT2D eigenvalue weighted by atomic mass is 10.0. The Balaban J connectivity index is 1.28. The van der Waals surface area contributed by atoms with Crippen LogP contribution < -0.4 is 16.0 Å². The summed E-state index contributed by atoms with van der Waals surface area (Å²) in [6.07, 6.45) is 6.28. The highest BCUT2D eigenvalue weighted by atomic mass is 32.2. The number of carboxylic acid groups (broad SMARTS) is 1. The first-order valence-corrected chi connectivity index (χ1v) is 15.0. The molecule has 2 aromatic carbocycles. The zero-order valence-corrected chi connectivity index (χ0v) is 23.7. The number of hydrogen-bond acceptors (Lipinski definition) is 7. The van der Waals surface area contributed by atoms with Gasteiger partial charge in [-0.25, -0.2) is 18.2 Å². The van der Waals surface area contributed by atoms with Gasteiger partial charge in [-0.1, -0.05) is 42.5 Å². The number of aromatic nitrogens is 1. The molecule has 0 saturated carbocycles. The van der Waals surface area contributed by atoms with Crippen LogP contribution in [0.15, 0.2) is 96.0 Å². The number of carboxylic acids is 1. The van der Waals surface area contributed by atoms with Gasteiger partial charge in [-0.2, -0.15) is 4.31 Å². The molecule has 2 heterocycles. The number of hydrogen-bond donors (Lipinski definition) is 4. The van der Waals surface area contributed by atoms with Crippen LogP contribution in [0.3, 0.4) is 0 Å². The summed E-state index contributed by atoms with van der Waals surface area (Å²) < 4.78 is 27.3. The van der Waals surface area contributed by atoms with Crippen LogP contribution in [0.4, 0.5) is 11.5 Å². The van der Waals surface area contributed by atoms with Gasteiger partial charge in [-0.05, 0) is 67.3 Å². The fourth-order valence-electron chi connectivity index (χ4n) is 4.57. The maximum Gasteiger partial charge on any atom is 0.326 e. The minimum Gasteiger partial charge on any atom is -0.480 e. The molecule has 1 saturated heterocycles. The number of nitrogens with one attached hydrogen (secondary N) is 3. The highest BCUT2D eigenvalue weighted by Crippen LogP contribution is 2.26. The molecule has 0 aliphatic carbocycles. The summed E-state index contributed by atoms with van der Waals surface area (Å²) >= 11 is 0. The predicted octanol–water partition coefficient (Wildman–Crippen LogP) is 3.04. The van der Waals surface area contributed by atoms with Gasteiger partial charge < -0.3 is 21.1 Å². The van der Waals surface area contributed by atoms with Gasteiger partial charge in [0, 0.05) is 31.4 Å².